The van der Waals surface area contributed by atoms with Gasteiger partial charge in [-0.15, -0.1) is 0 Å². The van der Waals surface area contributed by atoms with Crippen molar-refractivity contribution in [2.24, 2.45) is 0 Å². The molecule has 0 unspecified atom stereocenters. The van der Waals surface area contributed by atoms with Crippen LogP contribution >= 0.6 is 0 Å². The minimum atomic E-state index is -0.553. The fraction of sp³-hybridized carbons (Fsp3) is 0.444. The summed E-state index contributed by atoms with van der Waals surface area (Å²) in [6.45, 7) is 3.71. The molecule has 2 aromatic rings. The number of likely N-dealkylation sites (tertiary alicyclic amines) is 1. The molecule has 2 aliphatic rings. The molecule has 3 heterocycles. The zero-order valence-corrected chi connectivity index (χ0v) is 13.9. The molecule has 0 saturated carbocycles. The Morgan fingerprint density at radius 1 is 1.16 bits per heavy atom. The van der Waals surface area contributed by atoms with Crippen molar-refractivity contribution in [3.05, 3.63) is 42.1 Å². The van der Waals surface area contributed by atoms with E-state index in [0.717, 1.165) is 18.7 Å². The smallest absolute Gasteiger partial charge is 0.276 e. The molecule has 2 aliphatic heterocycles. The van der Waals surface area contributed by atoms with Crippen molar-refractivity contribution >= 4 is 5.91 Å². The van der Waals surface area contributed by atoms with E-state index in [9.17, 15) is 9.90 Å². The molecule has 1 amide bonds. The van der Waals surface area contributed by atoms with Crippen LogP contribution in [0.15, 0.2) is 40.9 Å². The van der Waals surface area contributed by atoms with Gasteiger partial charge in [-0.1, -0.05) is 35.5 Å². The highest BCUT2D eigenvalue weighted by molar-refractivity contribution is 5.93. The second-order valence-electron chi connectivity index (χ2n) is 6.44. The van der Waals surface area contributed by atoms with Crippen LogP contribution in [0.25, 0.3) is 11.3 Å². The van der Waals surface area contributed by atoms with Crippen LogP contribution in [0.2, 0.25) is 0 Å². The van der Waals surface area contributed by atoms with Gasteiger partial charge in [0.15, 0.2) is 11.5 Å². The van der Waals surface area contributed by atoms with E-state index in [-0.39, 0.29) is 17.6 Å². The summed E-state index contributed by atoms with van der Waals surface area (Å²) in [6.07, 6.45) is -0.553. The second-order valence-corrected chi connectivity index (χ2v) is 6.44. The molecule has 2 atom stereocenters. The van der Waals surface area contributed by atoms with Gasteiger partial charge in [-0.05, 0) is 0 Å². The molecule has 1 N–H and O–H groups in total. The van der Waals surface area contributed by atoms with Gasteiger partial charge in [0.25, 0.3) is 5.91 Å². The second kappa shape index (κ2) is 6.95. The molecule has 25 heavy (non-hydrogen) atoms. The third-order valence-electron chi connectivity index (χ3n) is 4.85. The number of β-amino-alcohol motifs (C(OH)–C–C–N with tert-alkyl or cyclic N) is 1. The highest BCUT2D eigenvalue weighted by Crippen LogP contribution is 2.23. The minimum Gasteiger partial charge on any atom is -0.390 e. The lowest BCUT2D eigenvalue weighted by atomic mass is 10.1. The molecule has 0 spiro atoms. The Hall–Kier alpha value is -2.22. The number of amides is 1. The molecule has 0 bridgehead atoms. The lowest BCUT2D eigenvalue weighted by Gasteiger charge is -2.33. The quantitative estimate of drug-likeness (QED) is 0.890. The molecule has 1 aromatic carbocycles. The van der Waals surface area contributed by atoms with E-state index in [1.54, 1.807) is 11.0 Å². The highest BCUT2D eigenvalue weighted by atomic mass is 16.5. The van der Waals surface area contributed by atoms with Gasteiger partial charge in [-0.25, -0.2) is 0 Å². The average molecular weight is 343 g/mol. The van der Waals surface area contributed by atoms with Crippen molar-refractivity contribution in [3.63, 3.8) is 0 Å². The summed E-state index contributed by atoms with van der Waals surface area (Å²) < 4.78 is 10.7. The summed E-state index contributed by atoms with van der Waals surface area (Å²) in [6, 6.07) is 11.2. The fourth-order valence-corrected chi connectivity index (χ4v) is 3.48. The first-order chi connectivity index (χ1) is 12.2. The van der Waals surface area contributed by atoms with Crippen LogP contribution in [0, 0.1) is 0 Å². The Balaban J connectivity index is 1.45. The molecule has 7 nitrogen and oxygen atoms in total. The van der Waals surface area contributed by atoms with Gasteiger partial charge >= 0.3 is 0 Å². The number of nitrogens with zero attached hydrogens (tertiary/aromatic N) is 3. The Morgan fingerprint density at radius 2 is 1.92 bits per heavy atom. The van der Waals surface area contributed by atoms with Crippen LogP contribution in [-0.4, -0.2) is 77.5 Å². The molecule has 0 aliphatic carbocycles. The van der Waals surface area contributed by atoms with Crippen LogP contribution in [-0.2, 0) is 4.74 Å². The molecule has 7 heteroatoms. The predicted octanol–water partition coefficient (Wildman–Crippen LogP) is 0.859. The SMILES string of the molecule is O=C(c1cc(-c2ccccc2)on1)N1C[C@H](O)[C@@H](N2CCOCC2)C1. The monoisotopic (exact) mass is 343 g/mol. The summed E-state index contributed by atoms with van der Waals surface area (Å²) in [5, 5.41) is 14.3. The number of aliphatic hydroxyl groups excluding tert-OH is 1. The van der Waals surface area contributed by atoms with E-state index >= 15 is 0 Å². The van der Waals surface area contributed by atoms with Crippen molar-refractivity contribution in [2.45, 2.75) is 12.1 Å². The number of hydrogen-bond acceptors (Lipinski definition) is 6. The molecular weight excluding hydrogens is 322 g/mol. The van der Waals surface area contributed by atoms with Gasteiger partial charge in [0.05, 0.1) is 25.4 Å². The van der Waals surface area contributed by atoms with Crippen LogP contribution < -0.4 is 0 Å². The van der Waals surface area contributed by atoms with Crippen molar-refractivity contribution < 1.29 is 19.2 Å². The number of hydrogen-bond donors (Lipinski definition) is 1. The zero-order valence-electron chi connectivity index (χ0n) is 13.9. The maximum atomic E-state index is 12.7. The van der Waals surface area contributed by atoms with Gasteiger partial charge < -0.3 is 19.3 Å². The minimum absolute atomic E-state index is 0.0478. The third-order valence-corrected chi connectivity index (χ3v) is 4.85. The maximum absolute atomic E-state index is 12.7. The first kappa shape index (κ1) is 16.3. The van der Waals surface area contributed by atoms with E-state index in [4.69, 9.17) is 9.26 Å². The van der Waals surface area contributed by atoms with Crippen molar-refractivity contribution in [1.29, 1.82) is 0 Å². The number of benzene rings is 1. The van der Waals surface area contributed by atoms with Crippen LogP contribution in [0.5, 0.6) is 0 Å². The summed E-state index contributed by atoms with van der Waals surface area (Å²) in [5.41, 5.74) is 1.15. The van der Waals surface area contributed by atoms with Gasteiger partial charge in [0.2, 0.25) is 0 Å². The number of ether oxygens (including phenoxy) is 1. The van der Waals surface area contributed by atoms with E-state index < -0.39 is 6.10 Å². The van der Waals surface area contributed by atoms with Gasteiger partial charge in [0.1, 0.15) is 0 Å². The molecular formula is C18H21N3O4. The lowest BCUT2D eigenvalue weighted by molar-refractivity contribution is -0.00611. The largest absolute Gasteiger partial charge is 0.390 e. The van der Waals surface area contributed by atoms with Crippen LogP contribution in [0.1, 0.15) is 10.5 Å². The Kier molecular flexibility index (Phi) is 4.52. The van der Waals surface area contributed by atoms with Crippen LogP contribution in [0.3, 0.4) is 0 Å². The first-order valence-electron chi connectivity index (χ1n) is 8.53. The van der Waals surface area contributed by atoms with Crippen molar-refractivity contribution in [2.75, 3.05) is 39.4 Å². The van der Waals surface area contributed by atoms with Crippen molar-refractivity contribution in [3.8, 4) is 11.3 Å². The predicted molar refractivity (Wildman–Crippen MR) is 90.0 cm³/mol. The fourth-order valence-electron chi connectivity index (χ4n) is 3.48. The number of aliphatic hydroxyl groups is 1. The summed E-state index contributed by atoms with van der Waals surface area (Å²) in [4.78, 5) is 16.6. The third kappa shape index (κ3) is 3.30. The molecule has 132 valence electrons. The average Bonchev–Trinajstić information content (AvgIpc) is 3.30. The van der Waals surface area contributed by atoms with Crippen molar-refractivity contribution in [1.82, 2.24) is 15.0 Å². The molecule has 1 aromatic heterocycles. The molecule has 0 radical (unpaired) electrons. The van der Waals surface area contributed by atoms with Gasteiger partial charge in [0, 0.05) is 37.8 Å². The molecule has 2 fully saturated rings. The van der Waals surface area contributed by atoms with E-state index in [1.807, 2.05) is 30.3 Å². The number of rotatable bonds is 3. The van der Waals surface area contributed by atoms with Crippen LogP contribution in [0.4, 0.5) is 0 Å². The summed E-state index contributed by atoms with van der Waals surface area (Å²) in [7, 11) is 0. The topological polar surface area (TPSA) is 79.0 Å². The standard InChI is InChI=1S/C18H21N3O4/c22-16-12-21(11-15(16)20-6-8-24-9-7-20)18(23)14-10-17(25-19-14)13-4-2-1-3-5-13/h1-5,10,15-16,22H,6-9,11-12H2/t15-,16-/m0/s1. The number of carbonyl (C=O) groups excluding carboxylic acids is 1. The Morgan fingerprint density at radius 3 is 2.68 bits per heavy atom. The number of morpholine rings is 1. The number of carbonyl (C=O) groups is 1. The Labute approximate surface area is 145 Å². The van der Waals surface area contributed by atoms with Gasteiger partial charge in [-0.2, -0.15) is 0 Å². The first-order valence-corrected chi connectivity index (χ1v) is 8.53. The lowest BCUT2D eigenvalue weighted by Crippen LogP contribution is -2.49. The summed E-state index contributed by atoms with van der Waals surface area (Å²) in [5.74, 6) is 0.356. The van der Waals surface area contributed by atoms with E-state index in [0.29, 0.717) is 32.1 Å². The summed E-state index contributed by atoms with van der Waals surface area (Å²) >= 11 is 0. The molecule has 4 rings (SSSR count). The number of aromatic nitrogens is 1. The zero-order chi connectivity index (χ0) is 17.2. The highest BCUT2D eigenvalue weighted by Gasteiger charge is 2.39. The van der Waals surface area contributed by atoms with E-state index in [1.165, 1.54) is 0 Å². The van der Waals surface area contributed by atoms with Gasteiger partial charge in [-0.3, -0.25) is 9.69 Å². The Bertz CT molecular complexity index is 727. The normalized spacial score (nSPS) is 24.6. The maximum Gasteiger partial charge on any atom is 0.276 e. The van der Waals surface area contributed by atoms with E-state index in [2.05, 4.69) is 10.1 Å². The molecule has 2 saturated heterocycles.